The van der Waals surface area contributed by atoms with E-state index < -0.39 is 5.97 Å². The summed E-state index contributed by atoms with van der Waals surface area (Å²) in [4.78, 5) is 10.8. The SMILES string of the molecule is O=C(O)c1cccc(-c2cn[nH]n2)c1Cl. The monoisotopic (exact) mass is 223 g/mol. The van der Waals surface area contributed by atoms with Gasteiger partial charge in [-0.2, -0.15) is 15.4 Å². The van der Waals surface area contributed by atoms with Gasteiger partial charge >= 0.3 is 5.97 Å². The highest BCUT2D eigenvalue weighted by Crippen LogP contribution is 2.28. The lowest BCUT2D eigenvalue weighted by molar-refractivity contribution is 0.0697. The van der Waals surface area contributed by atoms with Crippen LogP contribution in [0.25, 0.3) is 11.3 Å². The summed E-state index contributed by atoms with van der Waals surface area (Å²) in [6, 6.07) is 4.74. The van der Waals surface area contributed by atoms with E-state index in [4.69, 9.17) is 16.7 Å². The molecule has 0 unspecified atom stereocenters. The number of aromatic nitrogens is 3. The summed E-state index contributed by atoms with van der Waals surface area (Å²) in [5, 5.41) is 18.9. The maximum absolute atomic E-state index is 10.8. The number of carbonyl (C=O) groups is 1. The first-order chi connectivity index (χ1) is 7.20. The molecule has 6 heteroatoms. The number of hydrogen-bond acceptors (Lipinski definition) is 3. The smallest absolute Gasteiger partial charge is 0.337 e. The van der Waals surface area contributed by atoms with Gasteiger partial charge < -0.3 is 5.11 Å². The summed E-state index contributed by atoms with van der Waals surface area (Å²) in [6.07, 6.45) is 1.48. The molecule has 0 atom stereocenters. The fourth-order valence-electron chi connectivity index (χ4n) is 1.23. The number of benzene rings is 1. The molecule has 2 aromatic rings. The van der Waals surface area contributed by atoms with E-state index in [-0.39, 0.29) is 10.6 Å². The number of aromatic amines is 1. The third kappa shape index (κ3) is 1.69. The number of rotatable bonds is 2. The first-order valence-electron chi connectivity index (χ1n) is 4.08. The van der Waals surface area contributed by atoms with Crippen LogP contribution in [0.1, 0.15) is 10.4 Å². The van der Waals surface area contributed by atoms with E-state index in [0.717, 1.165) is 0 Å². The molecule has 1 aromatic heterocycles. The van der Waals surface area contributed by atoms with E-state index in [2.05, 4.69) is 15.4 Å². The Hall–Kier alpha value is -1.88. The lowest BCUT2D eigenvalue weighted by atomic mass is 10.1. The second-order valence-corrected chi connectivity index (χ2v) is 3.21. The summed E-state index contributed by atoms with van der Waals surface area (Å²) >= 11 is 5.93. The molecule has 0 radical (unpaired) electrons. The van der Waals surface area contributed by atoms with Crippen molar-refractivity contribution >= 4 is 17.6 Å². The number of halogens is 1. The van der Waals surface area contributed by atoms with E-state index in [9.17, 15) is 4.79 Å². The van der Waals surface area contributed by atoms with E-state index in [1.165, 1.54) is 12.3 Å². The molecule has 0 bridgehead atoms. The minimum Gasteiger partial charge on any atom is -0.478 e. The lowest BCUT2D eigenvalue weighted by Gasteiger charge is -2.02. The van der Waals surface area contributed by atoms with Crippen molar-refractivity contribution in [1.29, 1.82) is 0 Å². The van der Waals surface area contributed by atoms with E-state index in [1.807, 2.05) is 0 Å². The molecule has 0 aliphatic carbocycles. The normalized spacial score (nSPS) is 10.2. The van der Waals surface area contributed by atoms with Crippen LogP contribution in [0.5, 0.6) is 0 Å². The topological polar surface area (TPSA) is 78.9 Å². The van der Waals surface area contributed by atoms with Crippen LogP contribution in [-0.2, 0) is 0 Å². The Balaban J connectivity index is 2.59. The molecule has 0 aliphatic rings. The van der Waals surface area contributed by atoms with E-state index >= 15 is 0 Å². The molecule has 2 N–H and O–H groups in total. The molecular formula is C9H6ClN3O2. The highest BCUT2D eigenvalue weighted by molar-refractivity contribution is 6.36. The fraction of sp³-hybridized carbons (Fsp3) is 0. The predicted octanol–water partition coefficient (Wildman–Crippen LogP) is 1.82. The van der Waals surface area contributed by atoms with Crippen LogP contribution in [0.15, 0.2) is 24.4 Å². The zero-order valence-corrected chi connectivity index (χ0v) is 8.19. The van der Waals surface area contributed by atoms with Gasteiger partial charge in [0, 0.05) is 5.56 Å². The van der Waals surface area contributed by atoms with Gasteiger partial charge in [0.15, 0.2) is 0 Å². The van der Waals surface area contributed by atoms with Gasteiger partial charge in [-0.1, -0.05) is 23.7 Å². The van der Waals surface area contributed by atoms with Crippen LogP contribution in [0, 0.1) is 0 Å². The van der Waals surface area contributed by atoms with Crippen molar-refractivity contribution in [3.05, 3.63) is 35.0 Å². The van der Waals surface area contributed by atoms with Gasteiger partial charge in [-0.05, 0) is 6.07 Å². The number of nitrogens with one attached hydrogen (secondary N) is 1. The van der Waals surface area contributed by atoms with Crippen molar-refractivity contribution in [2.24, 2.45) is 0 Å². The molecule has 0 aliphatic heterocycles. The number of H-pyrrole nitrogens is 1. The lowest BCUT2D eigenvalue weighted by Crippen LogP contribution is -1.98. The van der Waals surface area contributed by atoms with Crippen LogP contribution in [0.4, 0.5) is 0 Å². The molecule has 0 saturated carbocycles. The average molecular weight is 224 g/mol. The Morgan fingerprint density at radius 3 is 2.87 bits per heavy atom. The molecule has 76 valence electrons. The van der Waals surface area contributed by atoms with Crippen LogP contribution < -0.4 is 0 Å². The number of hydrogen-bond donors (Lipinski definition) is 2. The standard InChI is InChI=1S/C9H6ClN3O2/c10-8-5(7-4-11-13-12-7)2-1-3-6(8)9(14)15/h1-4H,(H,14,15)(H,11,12,13). The molecule has 1 heterocycles. The van der Waals surface area contributed by atoms with Gasteiger partial charge in [0.2, 0.25) is 0 Å². The highest BCUT2D eigenvalue weighted by atomic mass is 35.5. The van der Waals surface area contributed by atoms with E-state index in [0.29, 0.717) is 11.3 Å². The minimum absolute atomic E-state index is 0.0529. The maximum Gasteiger partial charge on any atom is 0.337 e. The molecule has 0 amide bonds. The minimum atomic E-state index is -1.06. The van der Waals surface area contributed by atoms with Crippen molar-refractivity contribution in [2.75, 3.05) is 0 Å². The summed E-state index contributed by atoms with van der Waals surface area (Å²) < 4.78 is 0. The van der Waals surface area contributed by atoms with Crippen molar-refractivity contribution in [3.8, 4) is 11.3 Å². The first-order valence-corrected chi connectivity index (χ1v) is 4.46. The Bertz CT molecular complexity index is 496. The van der Waals surface area contributed by atoms with Gasteiger partial charge in [0.05, 0.1) is 16.8 Å². The van der Waals surface area contributed by atoms with Gasteiger partial charge in [-0.3, -0.25) is 0 Å². The largest absolute Gasteiger partial charge is 0.478 e. The molecule has 0 spiro atoms. The average Bonchev–Trinajstić information content (AvgIpc) is 2.70. The summed E-state index contributed by atoms with van der Waals surface area (Å²) in [5.74, 6) is -1.06. The zero-order valence-electron chi connectivity index (χ0n) is 7.44. The number of aromatic carboxylic acids is 1. The first kappa shape index (κ1) is 9.67. The number of nitrogens with zero attached hydrogens (tertiary/aromatic N) is 2. The molecule has 0 saturated heterocycles. The molecule has 1 aromatic carbocycles. The Morgan fingerprint density at radius 1 is 1.47 bits per heavy atom. The van der Waals surface area contributed by atoms with Gasteiger partial charge in [-0.15, -0.1) is 0 Å². The fourth-order valence-corrected chi connectivity index (χ4v) is 1.53. The van der Waals surface area contributed by atoms with E-state index in [1.54, 1.807) is 12.1 Å². The van der Waals surface area contributed by atoms with Crippen LogP contribution in [0.2, 0.25) is 5.02 Å². The molecule has 2 rings (SSSR count). The van der Waals surface area contributed by atoms with Crippen molar-refractivity contribution in [2.45, 2.75) is 0 Å². The highest BCUT2D eigenvalue weighted by Gasteiger charge is 2.14. The second-order valence-electron chi connectivity index (χ2n) is 2.83. The summed E-state index contributed by atoms with van der Waals surface area (Å²) in [7, 11) is 0. The molecule has 15 heavy (non-hydrogen) atoms. The van der Waals surface area contributed by atoms with Gasteiger partial charge in [0.1, 0.15) is 5.69 Å². The number of carboxylic acid groups (broad SMARTS) is 1. The second kappa shape index (κ2) is 3.70. The predicted molar refractivity (Wildman–Crippen MR) is 53.8 cm³/mol. The summed E-state index contributed by atoms with van der Waals surface area (Å²) in [6.45, 7) is 0. The Kier molecular flexibility index (Phi) is 2.39. The zero-order chi connectivity index (χ0) is 10.8. The van der Waals surface area contributed by atoms with Crippen molar-refractivity contribution in [3.63, 3.8) is 0 Å². The molecular weight excluding hydrogens is 218 g/mol. The molecule has 5 nitrogen and oxygen atoms in total. The number of carboxylic acids is 1. The van der Waals surface area contributed by atoms with Gasteiger partial charge in [-0.25, -0.2) is 4.79 Å². The summed E-state index contributed by atoms with van der Waals surface area (Å²) in [5.41, 5.74) is 1.12. The van der Waals surface area contributed by atoms with Crippen molar-refractivity contribution < 1.29 is 9.90 Å². The van der Waals surface area contributed by atoms with Crippen LogP contribution >= 0.6 is 11.6 Å². The van der Waals surface area contributed by atoms with Gasteiger partial charge in [0.25, 0.3) is 0 Å². The Labute approximate surface area is 89.7 Å². The third-order valence-electron chi connectivity index (χ3n) is 1.92. The Morgan fingerprint density at radius 2 is 2.27 bits per heavy atom. The molecule has 0 fully saturated rings. The quantitative estimate of drug-likeness (QED) is 0.814. The maximum atomic E-state index is 10.8. The van der Waals surface area contributed by atoms with Crippen LogP contribution in [-0.4, -0.2) is 26.5 Å². The van der Waals surface area contributed by atoms with Crippen LogP contribution in [0.3, 0.4) is 0 Å². The van der Waals surface area contributed by atoms with Crippen molar-refractivity contribution in [1.82, 2.24) is 15.4 Å². The third-order valence-corrected chi connectivity index (χ3v) is 2.33.